The fourth-order valence-corrected chi connectivity index (χ4v) is 3.70. The van der Waals surface area contributed by atoms with Gasteiger partial charge in [0.2, 0.25) is 16.4 Å². The minimum absolute atomic E-state index is 0.00704. The molecule has 3 N–H and O–H groups in total. The van der Waals surface area contributed by atoms with E-state index >= 15 is 0 Å². The summed E-state index contributed by atoms with van der Waals surface area (Å²) in [5.74, 6) is -1.61. The Morgan fingerprint density at radius 1 is 1.00 bits per heavy atom. The number of nitrogens with one attached hydrogen (secondary N) is 2. The second kappa shape index (κ2) is 8.11. The monoisotopic (exact) mass is 376 g/mol. The van der Waals surface area contributed by atoms with E-state index in [-0.39, 0.29) is 10.8 Å². The molecular formula is C18H20N2O5S. The molecule has 0 aliphatic rings. The highest BCUT2D eigenvalue weighted by Gasteiger charge is 2.27. The third-order valence-electron chi connectivity index (χ3n) is 3.82. The smallest absolute Gasteiger partial charge is 0.322 e. The lowest BCUT2D eigenvalue weighted by Crippen LogP contribution is -2.44. The number of carboxylic acid groups (broad SMARTS) is 1. The van der Waals surface area contributed by atoms with E-state index in [1.807, 2.05) is 0 Å². The van der Waals surface area contributed by atoms with Crippen LogP contribution in [0, 0.1) is 5.92 Å². The van der Waals surface area contributed by atoms with Crippen molar-refractivity contribution in [3.05, 3.63) is 48.5 Å². The van der Waals surface area contributed by atoms with Crippen LogP contribution in [0.15, 0.2) is 53.4 Å². The topological polar surface area (TPSA) is 113 Å². The van der Waals surface area contributed by atoms with E-state index in [9.17, 15) is 18.0 Å². The zero-order chi connectivity index (χ0) is 19.3. The Hall–Kier alpha value is -2.71. The van der Waals surface area contributed by atoms with Gasteiger partial charge in [-0.2, -0.15) is 4.72 Å². The van der Waals surface area contributed by atoms with E-state index in [2.05, 4.69) is 10.0 Å². The summed E-state index contributed by atoms with van der Waals surface area (Å²) in [4.78, 5) is 21.6. The van der Waals surface area contributed by atoms with Crippen molar-refractivity contribution in [1.82, 2.24) is 4.72 Å². The van der Waals surface area contributed by atoms with Gasteiger partial charge in [0.15, 0.2) is 0 Å². The molecule has 138 valence electrons. The van der Waals surface area contributed by atoms with Gasteiger partial charge in [0.25, 0.3) is 0 Å². The number of anilines is 1. The highest BCUT2D eigenvalue weighted by molar-refractivity contribution is 7.89. The van der Waals surface area contributed by atoms with E-state index in [0.717, 1.165) is 11.1 Å². The van der Waals surface area contributed by atoms with E-state index in [4.69, 9.17) is 5.11 Å². The summed E-state index contributed by atoms with van der Waals surface area (Å²) in [7, 11) is -3.94. The van der Waals surface area contributed by atoms with Crippen LogP contribution in [0.25, 0.3) is 11.1 Å². The Labute approximate surface area is 152 Å². The summed E-state index contributed by atoms with van der Waals surface area (Å²) >= 11 is 0. The van der Waals surface area contributed by atoms with Crippen molar-refractivity contribution in [2.45, 2.75) is 24.8 Å². The Bertz CT molecular complexity index is 875. The van der Waals surface area contributed by atoms with Crippen LogP contribution in [0.4, 0.5) is 5.69 Å². The number of carboxylic acids is 1. The van der Waals surface area contributed by atoms with E-state index in [1.54, 1.807) is 50.2 Å². The first-order valence-corrected chi connectivity index (χ1v) is 9.38. The van der Waals surface area contributed by atoms with Crippen molar-refractivity contribution in [3.8, 4) is 11.1 Å². The third kappa shape index (κ3) is 4.68. The molecule has 0 heterocycles. The number of rotatable bonds is 8. The average Bonchev–Trinajstić information content (AvgIpc) is 2.60. The second-order valence-electron chi connectivity index (χ2n) is 6.05. The molecule has 0 aliphatic carbocycles. The standard InChI is InChI=1S/C18H20N2O5S/c1-12(2)17(18(22)23)20-26(24,25)16-9-5-14(6-10-16)13-3-7-15(8-4-13)19-11-21/h3-12,17,20H,1-2H3,(H,19,21)(H,22,23)/t17-/m0/s1. The first kappa shape index (κ1) is 19.6. The summed E-state index contributed by atoms with van der Waals surface area (Å²) in [5, 5.41) is 11.7. The summed E-state index contributed by atoms with van der Waals surface area (Å²) < 4.78 is 27.0. The lowest BCUT2D eigenvalue weighted by atomic mass is 10.1. The van der Waals surface area contributed by atoms with Gasteiger partial charge < -0.3 is 10.4 Å². The zero-order valence-electron chi connectivity index (χ0n) is 14.3. The number of sulfonamides is 1. The van der Waals surface area contributed by atoms with Gasteiger partial charge >= 0.3 is 5.97 Å². The molecule has 0 aromatic heterocycles. The number of carbonyl (C=O) groups is 2. The molecule has 8 heteroatoms. The van der Waals surface area contributed by atoms with Gasteiger partial charge in [-0.25, -0.2) is 8.42 Å². The Kier molecular flexibility index (Phi) is 6.12. The predicted molar refractivity (Wildman–Crippen MR) is 98.1 cm³/mol. The molecule has 0 saturated carbocycles. The Balaban J connectivity index is 2.22. The molecule has 2 aromatic rings. The molecular weight excluding hydrogens is 356 g/mol. The number of carbonyl (C=O) groups excluding carboxylic acids is 1. The van der Waals surface area contributed by atoms with Gasteiger partial charge in [0.1, 0.15) is 6.04 Å². The molecule has 0 unspecified atom stereocenters. The quantitative estimate of drug-likeness (QED) is 0.612. The maximum atomic E-state index is 12.4. The number of amides is 1. The largest absolute Gasteiger partial charge is 0.480 e. The Morgan fingerprint density at radius 3 is 1.92 bits per heavy atom. The van der Waals surface area contributed by atoms with Crippen LogP contribution in [0.5, 0.6) is 0 Å². The Morgan fingerprint density at radius 2 is 1.50 bits per heavy atom. The van der Waals surface area contributed by atoms with Crippen LogP contribution in [0.1, 0.15) is 13.8 Å². The van der Waals surface area contributed by atoms with Crippen LogP contribution >= 0.6 is 0 Å². The van der Waals surface area contributed by atoms with Crippen molar-refractivity contribution in [3.63, 3.8) is 0 Å². The van der Waals surface area contributed by atoms with Gasteiger partial charge in [-0.3, -0.25) is 9.59 Å². The van der Waals surface area contributed by atoms with Crippen LogP contribution in [0.2, 0.25) is 0 Å². The maximum Gasteiger partial charge on any atom is 0.322 e. The van der Waals surface area contributed by atoms with Gasteiger partial charge in [-0.05, 0) is 41.3 Å². The van der Waals surface area contributed by atoms with Crippen LogP contribution < -0.4 is 10.0 Å². The van der Waals surface area contributed by atoms with Gasteiger partial charge in [0.05, 0.1) is 4.90 Å². The predicted octanol–water partition coefficient (Wildman–Crippen LogP) is 2.31. The first-order valence-electron chi connectivity index (χ1n) is 7.90. The van der Waals surface area contributed by atoms with Crippen molar-refractivity contribution >= 4 is 28.1 Å². The molecule has 0 aliphatic heterocycles. The maximum absolute atomic E-state index is 12.4. The molecule has 2 rings (SSSR count). The number of benzene rings is 2. The molecule has 1 atom stereocenters. The second-order valence-corrected chi connectivity index (χ2v) is 7.76. The van der Waals surface area contributed by atoms with Gasteiger partial charge in [0, 0.05) is 5.69 Å². The fourth-order valence-electron chi connectivity index (χ4n) is 2.36. The third-order valence-corrected chi connectivity index (χ3v) is 5.28. The fraction of sp³-hybridized carbons (Fsp3) is 0.222. The van der Waals surface area contributed by atoms with Crippen LogP contribution in [0.3, 0.4) is 0 Å². The van der Waals surface area contributed by atoms with Crippen LogP contribution in [-0.4, -0.2) is 31.9 Å². The lowest BCUT2D eigenvalue weighted by Gasteiger charge is -2.18. The van der Waals surface area contributed by atoms with Crippen molar-refractivity contribution < 1.29 is 23.1 Å². The van der Waals surface area contributed by atoms with Gasteiger partial charge in [-0.15, -0.1) is 0 Å². The van der Waals surface area contributed by atoms with Crippen molar-refractivity contribution in [1.29, 1.82) is 0 Å². The van der Waals surface area contributed by atoms with Crippen LogP contribution in [-0.2, 0) is 19.6 Å². The van der Waals surface area contributed by atoms with E-state index in [0.29, 0.717) is 12.1 Å². The van der Waals surface area contributed by atoms with Gasteiger partial charge in [-0.1, -0.05) is 38.1 Å². The zero-order valence-corrected chi connectivity index (χ0v) is 15.2. The molecule has 0 fully saturated rings. The SMILES string of the molecule is CC(C)[C@H](NS(=O)(=O)c1ccc(-c2ccc(NC=O)cc2)cc1)C(=O)O. The molecule has 0 spiro atoms. The van der Waals surface area contributed by atoms with Crippen molar-refractivity contribution in [2.24, 2.45) is 5.92 Å². The summed E-state index contributed by atoms with van der Waals surface area (Å²) in [6.45, 7) is 3.26. The molecule has 1 amide bonds. The van der Waals surface area contributed by atoms with Crippen molar-refractivity contribution in [2.75, 3.05) is 5.32 Å². The highest BCUT2D eigenvalue weighted by Crippen LogP contribution is 2.23. The number of aliphatic carboxylic acids is 1. The number of hydrogen-bond acceptors (Lipinski definition) is 4. The first-order chi connectivity index (χ1) is 12.2. The molecule has 7 nitrogen and oxygen atoms in total. The normalized spacial score (nSPS) is 12.6. The highest BCUT2D eigenvalue weighted by atomic mass is 32.2. The molecule has 0 saturated heterocycles. The minimum Gasteiger partial charge on any atom is -0.480 e. The molecule has 0 bridgehead atoms. The lowest BCUT2D eigenvalue weighted by molar-refractivity contribution is -0.140. The van der Waals surface area contributed by atoms with E-state index < -0.39 is 22.0 Å². The molecule has 26 heavy (non-hydrogen) atoms. The molecule has 2 aromatic carbocycles. The summed E-state index contributed by atoms with van der Waals surface area (Å²) in [6, 6.07) is 12.0. The van der Waals surface area contributed by atoms with E-state index in [1.165, 1.54) is 12.1 Å². The molecule has 0 radical (unpaired) electrons. The number of hydrogen-bond donors (Lipinski definition) is 3. The average molecular weight is 376 g/mol. The summed E-state index contributed by atoms with van der Waals surface area (Å²) in [5.41, 5.74) is 2.30. The minimum atomic E-state index is -3.94. The summed E-state index contributed by atoms with van der Waals surface area (Å²) in [6.07, 6.45) is 0.587.